The lowest BCUT2D eigenvalue weighted by atomic mass is 9.64. The number of rotatable bonds is 7. The van der Waals surface area contributed by atoms with Gasteiger partial charge in [-0.2, -0.15) is 0 Å². The molecule has 0 aromatic carbocycles. The molecule has 2 nitrogen and oxygen atoms in total. The van der Waals surface area contributed by atoms with Crippen LogP contribution < -0.4 is 5.32 Å². The minimum atomic E-state index is 0.312. The molecule has 16 heavy (non-hydrogen) atoms. The number of hydrogen-bond acceptors (Lipinski definition) is 2. The van der Waals surface area contributed by atoms with Crippen LogP contribution >= 0.6 is 0 Å². The molecule has 0 heterocycles. The average molecular weight is 227 g/mol. The van der Waals surface area contributed by atoms with Crippen molar-refractivity contribution in [3.05, 3.63) is 0 Å². The summed E-state index contributed by atoms with van der Waals surface area (Å²) in [4.78, 5) is 0. The normalized spacial score (nSPS) is 28.1. The topological polar surface area (TPSA) is 21.3 Å². The minimum Gasteiger partial charge on any atom is -0.378 e. The van der Waals surface area contributed by atoms with E-state index in [1.165, 1.54) is 19.3 Å². The van der Waals surface area contributed by atoms with Gasteiger partial charge in [0, 0.05) is 18.1 Å². The molecular weight excluding hydrogens is 198 g/mol. The minimum absolute atomic E-state index is 0.312. The molecule has 0 radical (unpaired) electrons. The summed E-state index contributed by atoms with van der Waals surface area (Å²) in [6.45, 7) is 13.4. The number of nitrogens with one attached hydrogen (secondary N) is 1. The van der Waals surface area contributed by atoms with Crippen LogP contribution in [0.25, 0.3) is 0 Å². The van der Waals surface area contributed by atoms with Crippen LogP contribution in [-0.4, -0.2) is 25.3 Å². The van der Waals surface area contributed by atoms with Crippen molar-refractivity contribution in [2.75, 3.05) is 13.2 Å². The zero-order valence-electron chi connectivity index (χ0n) is 11.7. The van der Waals surface area contributed by atoms with Crippen LogP contribution in [0.4, 0.5) is 0 Å². The van der Waals surface area contributed by atoms with E-state index in [0.717, 1.165) is 19.1 Å². The van der Waals surface area contributed by atoms with Gasteiger partial charge in [0.1, 0.15) is 0 Å². The van der Waals surface area contributed by atoms with E-state index in [9.17, 15) is 0 Å². The Labute approximate surface area is 101 Å². The van der Waals surface area contributed by atoms with Crippen LogP contribution in [-0.2, 0) is 4.74 Å². The fraction of sp³-hybridized carbons (Fsp3) is 1.00. The van der Waals surface area contributed by atoms with Crippen LogP contribution in [0.15, 0.2) is 0 Å². The van der Waals surface area contributed by atoms with Crippen LogP contribution in [0.5, 0.6) is 0 Å². The molecule has 1 N–H and O–H groups in total. The molecule has 1 aliphatic rings. The van der Waals surface area contributed by atoms with Crippen LogP contribution in [0.3, 0.4) is 0 Å². The van der Waals surface area contributed by atoms with Gasteiger partial charge >= 0.3 is 0 Å². The number of ether oxygens (including phenoxy) is 1. The average Bonchev–Trinajstić information content (AvgIpc) is 2.20. The molecular formula is C14H29NO. The van der Waals surface area contributed by atoms with Gasteiger partial charge in [0.2, 0.25) is 0 Å². The van der Waals surface area contributed by atoms with Gasteiger partial charge in [0.25, 0.3) is 0 Å². The van der Waals surface area contributed by atoms with E-state index in [4.69, 9.17) is 4.74 Å². The van der Waals surface area contributed by atoms with Crippen molar-refractivity contribution in [1.29, 1.82) is 0 Å². The molecule has 2 atom stereocenters. The van der Waals surface area contributed by atoms with Crippen LogP contribution in [0.1, 0.15) is 53.9 Å². The zero-order valence-corrected chi connectivity index (χ0v) is 11.7. The smallest absolute Gasteiger partial charge is 0.0655 e. The lowest BCUT2D eigenvalue weighted by Gasteiger charge is -2.52. The fourth-order valence-corrected chi connectivity index (χ4v) is 2.28. The third kappa shape index (κ3) is 3.46. The molecule has 2 heteroatoms. The second kappa shape index (κ2) is 6.02. The van der Waals surface area contributed by atoms with Crippen LogP contribution in [0, 0.1) is 11.3 Å². The van der Waals surface area contributed by atoms with Crippen molar-refractivity contribution in [2.45, 2.75) is 66.0 Å². The molecule has 0 spiro atoms. The van der Waals surface area contributed by atoms with Gasteiger partial charge in [-0.15, -0.1) is 0 Å². The van der Waals surface area contributed by atoms with Crippen molar-refractivity contribution >= 4 is 0 Å². The lowest BCUT2D eigenvalue weighted by molar-refractivity contribution is -0.119. The maximum atomic E-state index is 5.97. The molecule has 1 fully saturated rings. The van der Waals surface area contributed by atoms with Gasteiger partial charge < -0.3 is 10.1 Å². The van der Waals surface area contributed by atoms with E-state index < -0.39 is 0 Å². The van der Waals surface area contributed by atoms with Crippen molar-refractivity contribution in [3.63, 3.8) is 0 Å². The molecule has 0 aromatic heterocycles. The summed E-state index contributed by atoms with van der Waals surface area (Å²) < 4.78 is 5.97. The van der Waals surface area contributed by atoms with Crippen molar-refractivity contribution in [2.24, 2.45) is 11.3 Å². The predicted octanol–water partition coefficient (Wildman–Crippen LogP) is 3.22. The van der Waals surface area contributed by atoms with E-state index in [-0.39, 0.29) is 0 Å². The molecule has 0 bridgehead atoms. The van der Waals surface area contributed by atoms with E-state index in [0.29, 0.717) is 17.6 Å². The zero-order chi connectivity index (χ0) is 12.2. The Hall–Kier alpha value is -0.0800. The molecule has 0 amide bonds. The summed E-state index contributed by atoms with van der Waals surface area (Å²) in [5, 5.41) is 3.61. The lowest BCUT2D eigenvalue weighted by Crippen LogP contribution is -2.61. The summed E-state index contributed by atoms with van der Waals surface area (Å²) in [6.07, 6.45) is 4.04. The van der Waals surface area contributed by atoms with Crippen LogP contribution in [0.2, 0.25) is 0 Å². The van der Waals surface area contributed by atoms with Gasteiger partial charge in [-0.1, -0.05) is 34.6 Å². The second-order valence-corrected chi connectivity index (χ2v) is 6.11. The molecule has 0 aromatic rings. The molecule has 1 saturated carbocycles. The largest absolute Gasteiger partial charge is 0.378 e. The molecule has 2 unspecified atom stereocenters. The van der Waals surface area contributed by atoms with Crippen molar-refractivity contribution in [1.82, 2.24) is 5.32 Å². The molecule has 0 aliphatic heterocycles. The van der Waals surface area contributed by atoms with E-state index in [1.807, 2.05) is 0 Å². The van der Waals surface area contributed by atoms with Gasteiger partial charge in [-0.25, -0.2) is 0 Å². The summed E-state index contributed by atoms with van der Waals surface area (Å²) in [7, 11) is 0. The Bertz CT molecular complexity index is 201. The third-order valence-corrected chi connectivity index (χ3v) is 3.83. The summed E-state index contributed by atoms with van der Waals surface area (Å²) in [6, 6.07) is 0.650. The fourth-order valence-electron chi connectivity index (χ4n) is 2.28. The maximum Gasteiger partial charge on any atom is 0.0655 e. The molecule has 0 saturated heterocycles. The third-order valence-electron chi connectivity index (χ3n) is 3.83. The first-order valence-corrected chi connectivity index (χ1v) is 6.83. The first-order chi connectivity index (χ1) is 7.48. The van der Waals surface area contributed by atoms with E-state index in [1.54, 1.807) is 0 Å². The highest BCUT2D eigenvalue weighted by molar-refractivity contribution is 5.02. The maximum absolute atomic E-state index is 5.97. The summed E-state index contributed by atoms with van der Waals surface area (Å²) in [5.41, 5.74) is 0.312. The quantitative estimate of drug-likeness (QED) is 0.721. The Kier molecular flexibility index (Phi) is 5.26. The number of hydrogen-bond donors (Lipinski definition) is 1. The van der Waals surface area contributed by atoms with E-state index >= 15 is 0 Å². The highest BCUT2D eigenvalue weighted by Crippen LogP contribution is 2.42. The summed E-state index contributed by atoms with van der Waals surface area (Å²) >= 11 is 0. The van der Waals surface area contributed by atoms with Gasteiger partial charge in [-0.3, -0.25) is 0 Å². The first kappa shape index (κ1) is 14.0. The molecule has 1 aliphatic carbocycles. The Morgan fingerprint density at radius 3 is 2.56 bits per heavy atom. The predicted molar refractivity (Wildman–Crippen MR) is 69.7 cm³/mol. The van der Waals surface area contributed by atoms with E-state index in [2.05, 4.69) is 39.9 Å². The first-order valence-electron chi connectivity index (χ1n) is 6.83. The Morgan fingerprint density at radius 2 is 2.06 bits per heavy atom. The Morgan fingerprint density at radius 1 is 1.38 bits per heavy atom. The van der Waals surface area contributed by atoms with Crippen molar-refractivity contribution in [3.8, 4) is 0 Å². The van der Waals surface area contributed by atoms with Gasteiger partial charge in [-0.05, 0) is 31.7 Å². The second-order valence-electron chi connectivity index (χ2n) is 6.11. The van der Waals surface area contributed by atoms with Gasteiger partial charge in [0.05, 0.1) is 6.10 Å². The standard InChI is InChI=1S/C14H29NO/c1-6-8-15-12-10-13(14(12,4)5)16-9-7-11(2)3/h11-13,15H,6-10H2,1-5H3. The molecule has 96 valence electrons. The molecule has 1 rings (SSSR count). The summed E-state index contributed by atoms with van der Waals surface area (Å²) in [5.74, 6) is 0.747. The highest BCUT2D eigenvalue weighted by Gasteiger charge is 2.48. The monoisotopic (exact) mass is 227 g/mol. The SMILES string of the molecule is CCCNC1CC(OCCC(C)C)C1(C)C. The Balaban J connectivity index is 2.21. The highest BCUT2D eigenvalue weighted by atomic mass is 16.5. The van der Waals surface area contributed by atoms with Crippen molar-refractivity contribution < 1.29 is 4.74 Å². The van der Waals surface area contributed by atoms with Gasteiger partial charge in [0.15, 0.2) is 0 Å².